The van der Waals surface area contributed by atoms with Gasteiger partial charge >= 0.3 is 0 Å². The molecule has 2 heterocycles. The van der Waals surface area contributed by atoms with E-state index in [-0.39, 0.29) is 23.2 Å². The van der Waals surface area contributed by atoms with E-state index in [1.165, 1.54) is 21.8 Å². The van der Waals surface area contributed by atoms with Crippen LogP contribution < -0.4 is 5.56 Å². The lowest BCUT2D eigenvalue weighted by molar-refractivity contribution is 0.567. The van der Waals surface area contributed by atoms with Crippen molar-refractivity contribution >= 4 is 0 Å². The molecule has 7 heteroatoms. The molecule has 0 saturated carbocycles. The zero-order valence-electron chi connectivity index (χ0n) is 9.40. The predicted molar refractivity (Wildman–Crippen MR) is 58.5 cm³/mol. The number of hydrogen-bond acceptors (Lipinski definition) is 5. The Kier molecular flexibility index (Phi) is 2.70. The van der Waals surface area contributed by atoms with Gasteiger partial charge in [0.2, 0.25) is 5.82 Å². The topological polar surface area (TPSA) is 89.4 Å². The van der Waals surface area contributed by atoms with E-state index in [2.05, 4.69) is 15.1 Å². The third-order valence-corrected chi connectivity index (χ3v) is 2.22. The maximum absolute atomic E-state index is 12.0. The zero-order chi connectivity index (χ0) is 12.4. The van der Waals surface area contributed by atoms with Gasteiger partial charge in [-0.3, -0.25) is 4.79 Å². The summed E-state index contributed by atoms with van der Waals surface area (Å²) >= 11 is 0. The van der Waals surface area contributed by atoms with Crippen LogP contribution in [0.4, 0.5) is 0 Å². The van der Waals surface area contributed by atoms with Crippen LogP contribution in [-0.4, -0.2) is 24.3 Å². The normalized spacial score (nSPS) is 10.5. The summed E-state index contributed by atoms with van der Waals surface area (Å²) in [6.07, 6.45) is 4.43. The van der Waals surface area contributed by atoms with Crippen molar-refractivity contribution in [3.63, 3.8) is 0 Å². The van der Waals surface area contributed by atoms with Crippen molar-refractivity contribution < 1.29 is 0 Å². The van der Waals surface area contributed by atoms with Crippen LogP contribution in [0.15, 0.2) is 23.5 Å². The highest BCUT2D eigenvalue weighted by molar-refractivity contribution is 5.18. The van der Waals surface area contributed by atoms with Gasteiger partial charge in [0.25, 0.3) is 11.4 Å². The minimum Gasteiger partial charge on any atom is -0.308 e. The van der Waals surface area contributed by atoms with Crippen LogP contribution in [0.1, 0.15) is 25.7 Å². The van der Waals surface area contributed by atoms with Gasteiger partial charge in [0.1, 0.15) is 12.4 Å². The number of aromatic nitrogens is 5. The molecule has 17 heavy (non-hydrogen) atoms. The molecule has 0 radical (unpaired) electrons. The molecule has 0 unspecified atom stereocenters. The molecule has 0 saturated heterocycles. The van der Waals surface area contributed by atoms with Gasteiger partial charge < -0.3 is 4.57 Å². The first kappa shape index (κ1) is 11.0. The highest BCUT2D eigenvalue weighted by atomic mass is 16.1. The van der Waals surface area contributed by atoms with Gasteiger partial charge in [-0.25, -0.2) is 9.97 Å². The molecule has 2 rings (SSSR count). The number of rotatable bonds is 2. The van der Waals surface area contributed by atoms with Crippen molar-refractivity contribution in [3.8, 4) is 11.9 Å². The van der Waals surface area contributed by atoms with Gasteiger partial charge in [0, 0.05) is 18.4 Å². The molecule has 0 aliphatic rings. The van der Waals surface area contributed by atoms with Crippen LogP contribution in [-0.2, 0) is 0 Å². The fourth-order valence-corrected chi connectivity index (χ4v) is 1.39. The number of nitriles is 1. The van der Waals surface area contributed by atoms with Crippen molar-refractivity contribution in [2.24, 2.45) is 0 Å². The van der Waals surface area contributed by atoms with E-state index in [0.29, 0.717) is 0 Å². The Morgan fingerprint density at radius 2 is 2.18 bits per heavy atom. The number of hydrogen-bond donors (Lipinski definition) is 0. The smallest absolute Gasteiger partial charge is 0.295 e. The molecule has 0 amide bonds. The highest BCUT2D eigenvalue weighted by Gasteiger charge is 2.10. The molecule has 2 aromatic heterocycles. The fourth-order valence-electron chi connectivity index (χ4n) is 1.39. The molecule has 0 aliphatic carbocycles. The van der Waals surface area contributed by atoms with Crippen molar-refractivity contribution in [2.75, 3.05) is 0 Å². The summed E-state index contributed by atoms with van der Waals surface area (Å²) in [6.45, 7) is 3.79. The molecule has 86 valence electrons. The van der Waals surface area contributed by atoms with Gasteiger partial charge in [-0.15, -0.1) is 5.10 Å². The first-order chi connectivity index (χ1) is 8.13. The summed E-state index contributed by atoms with van der Waals surface area (Å²) in [5.41, 5.74) is -0.267. The SMILES string of the molecule is CC(C)n1ccnc(-n2cnc(C#N)n2)c1=O. The Hall–Kier alpha value is -2.49. The number of nitrogens with zero attached hydrogens (tertiary/aromatic N) is 6. The molecule has 7 nitrogen and oxygen atoms in total. The lowest BCUT2D eigenvalue weighted by Gasteiger charge is -2.09. The van der Waals surface area contributed by atoms with Crippen molar-refractivity contribution in [3.05, 3.63) is 34.9 Å². The molecule has 0 aromatic carbocycles. The lowest BCUT2D eigenvalue weighted by atomic mass is 10.4. The Bertz CT molecular complexity index is 633. The molecule has 0 spiro atoms. The van der Waals surface area contributed by atoms with Crippen LogP contribution in [0.25, 0.3) is 5.82 Å². The second-order valence-electron chi connectivity index (χ2n) is 3.68. The second-order valence-corrected chi connectivity index (χ2v) is 3.68. The van der Waals surface area contributed by atoms with Gasteiger partial charge in [-0.05, 0) is 13.8 Å². The molecule has 0 aliphatic heterocycles. The van der Waals surface area contributed by atoms with E-state index in [4.69, 9.17) is 5.26 Å². The highest BCUT2D eigenvalue weighted by Crippen LogP contribution is 2.01. The Morgan fingerprint density at radius 3 is 2.76 bits per heavy atom. The van der Waals surface area contributed by atoms with E-state index < -0.39 is 0 Å². The Balaban J connectivity index is 2.57. The first-order valence-electron chi connectivity index (χ1n) is 5.02. The lowest BCUT2D eigenvalue weighted by Crippen LogP contribution is -2.26. The van der Waals surface area contributed by atoms with E-state index in [1.54, 1.807) is 12.3 Å². The quantitative estimate of drug-likeness (QED) is 0.739. The molecule has 0 N–H and O–H groups in total. The minimum absolute atomic E-state index is 0.00569. The summed E-state index contributed by atoms with van der Waals surface area (Å²) in [4.78, 5) is 19.7. The summed E-state index contributed by atoms with van der Waals surface area (Å²) < 4.78 is 2.75. The van der Waals surface area contributed by atoms with Crippen LogP contribution in [0.3, 0.4) is 0 Å². The second kappa shape index (κ2) is 4.17. The third kappa shape index (κ3) is 1.92. The third-order valence-electron chi connectivity index (χ3n) is 2.22. The van der Waals surface area contributed by atoms with Crippen LogP contribution in [0.2, 0.25) is 0 Å². The largest absolute Gasteiger partial charge is 0.308 e. The molecule has 0 atom stereocenters. The molecule has 2 aromatic rings. The van der Waals surface area contributed by atoms with Gasteiger partial charge in [-0.1, -0.05) is 0 Å². The van der Waals surface area contributed by atoms with Crippen molar-refractivity contribution in [2.45, 2.75) is 19.9 Å². The van der Waals surface area contributed by atoms with Crippen LogP contribution in [0.5, 0.6) is 0 Å². The van der Waals surface area contributed by atoms with E-state index in [9.17, 15) is 4.79 Å². The molecular weight excluding hydrogens is 220 g/mol. The zero-order valence-corrected chi connectivity index (χ0v) is 9.40. The average Bonchev–Trinajstić information content (AvgIpc) is 2.77. The minimum atomic E-state index is -0.267. The summed E-state index contributed by atoms with van der Waals surface area (Å²) in [5, 5.41) is 12.4. The summed E-state index contributed by atoms with van der Waals surface area (Å²) in [6, 6.07) is 1.83. The molecule has 0 bridgehead atoms. The maximum Gasteiger partial charge on any atom is 0.295 e. The standard InChI is InChI=1S/C10H10N6O/c1-7(2)15-4-3-12-9(10(15)17)16-6-13-8(5-11)14-16/h3-4,6-7H,1-2H3. The summed E-state index contributed by atoms with van der Waals surface area (Å²) in [5.74, 6) is 0.140. The monoisotopic (exact) mass is 230 g/mol. The molecular formula is C10H10N6O. The van der Waals surface area contributed by atoms with E-state index in [1.807, 2.05) is 13.8 Å². The van der Waals surface area contributed by atoms with Gasteiger partial charge in [0.15, 0.2) is 0 Å². The van der Waals surface area contributed by atoms with Gasteiger partial charge in [-0.2, -0.15) is 9.94 Å². The predicted octanol–water partition coefficient (Wildman–Crippen LogP) is 0.277. The Labute approximate surface area is 97.0 Å². The maximum atomic E-state index is 12.0. The first-order valence-corrected chi connectivity index (χ1v) is 5.02. The Morgan fingerprint density at radius 1 is 1.41 bits per heavy atom. The van der Waals surface area contributed by atoms with E-state index >= 15 is 0 Å². The van der Waals surface area contributed by atoms with Crippen molar-refractivity contribution in [1.29, 1.82) is 5.26 Å². The van der Waals surface area contributed by atoms with Gasteiger partial charge in [0.05, 0.1) is 0 Å². The van der Waals surface area contributed by atoms with Crippen molar-refractivity contribution in [1.82, 2.24) is 24.3 Å². The summed E-state index contributed by atoms with van der Waals surface area (Å²) in [7, 11) is 0. The fraction of sp³-hybridized carbons (Fsp3) is 0.300. The molecule has 0 fully saturated rings. The van der Waals surface area contributed by atoms with Crippen LogP contribution >= 0.6 is 0 Å². The van der Waals surface area contributed by atoms with E-state index in [0.717, 1.165) is 0 Å². The average molecular weight is 230 g/mol. The van der Waals surface area contributed by atoms with Crippen LogP contribution in [0, 0.1) is 11.3 Å².